The van der Waals surface area contributed by atoms with Crippen molar-refractivity contribution < 1.29 is 0 Å². The van der Waals surface area contributed by atoms with Crippen molar-refractivity contribution >= 4 is 15.9 Å². The van der Waals surface area contributed by atoms with Gasteiger partial charge in [0.1, 0.15) is 0 Å². The highest BCUT2D eigenvalue weighted by molar-refractivity contribution is 9.09. The topological polar surface area (TPSA) is 0 Å². The van der Waals surface area contributed by atoms with Crippen molar-refractivity contribution in [3.05, 3.63) is 107 Å². The quantitative estimate of drug-likeness (QED) is 0.494. The van der Waals surface area contributed by atoms with Gasteiger partial charge in [-0.3, -0.25) is 0 Å². The van der Waals surface area contributed by atoms with Gasteiger partial charge in [0.2, 0.25) is 0 Å². The predicted molar refractivity (Wildman–Crippen MR) is 95.6 cm³/mol. The van der Waals surface area contributed by atoms with E-state index in [1.807, 2.05) is 0 Å². The number of fused-ring (bicyclic) bond motifs is 1. The van der Waals surface area contributed by atoms with Crippen LogP contribution in [0.15, 0.2) is 84.9 Å². The first kappa shape index (κ1) is 13.8. The van der Waals surface area contributed by atoms with Crippen LogP contribution in [0, 0.1) is 0 Å². The van der Waals surface area contributed by atoms with Gasteiger partial charge in [0.25, 0.3) is 0 Å². The molecule has 0 radical (unpaired) electrons. The van der Waals surface area contributed by atoms with Gasteiger partial charge < -0.3 is 0 Å². The van der Waals surface area contributed by atoms with E-state index in [4.69, 9.17) is 0 Å². The van der Waals surface area contributed by atoms with Crippen LogP contribution in [0.3, 0.4) is 0 Å². The van der Waals surface area contributed by atoms with Crippen LogP contribution in [0.2, 0.25) is 0 Å². The van der Waals surface area contributed by atoms with Crippen molar-refractivity contribution in [2.24, 2.45) is 0 Å². The molecule has 0 saturated heterocycles. The van der Waals surface area contributed by atoms with Gasteiger partial charge in [-0.1, -0.05) is 101 Å². The van der Waals surface area contributed by atoms with Crippen LogP contribution >= 0.6 is 15.9 Å². The highest BCUT2D eigenvalue weighted by Crippen LogP contribution is 2.57. The molecular weight excluding hydrogens is 332 g/mol. The number of benzene rings is 3. The lowest BCUT2D eigenvalue weighted by molar-refractivity contribution is 0.653. The van der Waals surface area contributed by atoms with Crippen molar-refractivity contribution in [3.63, 3.8) is 0 Å². The van der Waals surface area contributed by atoms with Crippen molar-refractivity contribution in [3.8, 4) is 0 Å². The summed E-state index contributed by atoms with van der Waals surface area (Å²) in [7, 11) is 0. The number of halogens is 1. The molecule has 3 unspecified atom stereocenters. The van der Waals surface area contributed by atoms with Gasteiger partial charge in [-0.2, -0.15) is 0 Å². The van der Waals surface area contributed by atoms with E-state index < -0.39 is 0 Å². The van der Waals surface area contributed by atoms with Crippen LogP contribution in [0.4, 0.5) is 0 Å². The van der Waals surface area contributed by atoms with Gasteiger partial charge >= 0.3 is 0 Å². The summed E-state index contributed by atoms with van der Waals surface area (Å²) in [6.45, 7) is 0. The zero-order chi connectivity index (χ0) is 14.9. The van der Waals surface area contributed by atoms with Crippen LogP contribution in [0.25, 0.3) is 0 Å². The maximum atomic E-state index is 3.98. The molecule has 0 aliphatic heterocycles. The fraction of sp³-hybridized carbons (Fsp3) is 0.143. The molecule has 108 valence electrons. The van der Waals surface area contributed by atoms with Gasteiger partial charge in [0.15, 0.2) is 0 Å². The Hall–Kier alpha value is -1.86. The monoisotopic (exact) mass is 348 g/mol. The molecule has 0 saturated carbocycles. The minimum atomic E-state index is 0.358. The highest BCUT2D eigenvalue weighted by atomic mass is 79.9. The Kier molecular flexibility index (Phi) is 3.59. The molecule has 0 N–H and O–H groups in total. The molecule has 3 aromatic rings. The Morgan fingerprint density at radius 2 is 1.05 bits per heavy atom. The van der Waals surface area contributed by atoms with Crippen LogP contribution in [-0.4, -0.2) is 0 Å². The molecule has 3 atom stereocenters. The van der Waals surface area contributed by atoms with Crippen molar-refractivity contribution in [1.29, 1.82) is 0 Å². The second-order valence-electron chi connectivity index (χ2n) is 5.86. The van der Waals surface area contributed by atoms with E-state index in [1.165, 1.54) is 22.3 Å². The molecule has 0 heterocycles. The third kappa shape index (κ3) is 2.21. The molecular formula is C21H17Br. The Balaban J connectivity index is 1.90. The SMILES string of the molecule is BrC1c2ccccc2C(c2ccccc2)C1c1ccccc1. The summed E-state index contributed by atoms with van der Waals surface area (Å²) >= 11 is 3.98. The summed E-state index contributed by atoms with van der Waals surface area (Å²) in [5.41, 5.74) is 5.66. The lowest BCUT2D eigenvalue weighted by Crippen LogP contribution is -2.09. The lowest BCUT2D eigenvalue weighted by Gasteiger charge is -2.24. The van der Waals surface area contributed by atoms with Gasteiger partial charge in [-0.15, -0.1) is 0 Å². The highest BCUT2D eigenvalue weighted by Gasteiger charge is 2.40. The molecule has 1 aliphatic rings. The second-order valence-corrected chi connectivity index (χ2v) is 6.84. The van der Waals surface area contributed by atoms with Crippen LogP contribution in [0.1, 0.15) is 38.9 Å². The second kappa shape index (κ2) is 5.73. The average Bonchev–Trinajstić information content (AvgIpc) is 2.90. The van der Waals surface area contributed by atoms with E-state index in [0.29, 0.717) is 16.7 Å². The van der Waals surface area contributed by atoms with E-state index in [0.717, 1.165) is 0 Å². The van der Waals surface area contributed by atoms with E-state index in [-0.39, 0.29) is 0 Å². The molecule has 4 rings (SSSR count). The summed E-state index contributed by atoms with van der Waals surface area (Å²) in [5.74, 6) is 0.838. The van der Waals surface area contributed by atoms with E-state index >= 15 is 0 Å². The van der Waals surface area contributed by atoms with Crippen LogP contribution < -0.4 is 0 Å². The zero-order valence-corrected chi connectivity index (χ0v) is 13.8. The molecule has 22 heavy (non-hydrogen) atoms. The van der Waals surface area contributed by atoms with E-state index in [1.54, 1.807) is 0 Å². The van der Waals surface area contributed by atoms with E-state index in [2.05, 4.69) is 101 Å². The third-order valence-corrected chi connectivity index (χ3v) is 5.71. The predicted octanol–water partition coefficient (Wildman–Crippen LogP) is 6.05. The zero-order valence-electron chi connectivity index (χ0n) is 12.2. The van der Waals surface area contributed by atoms with Gasteiger partial charge in [-0.05, 0) is 22.3 Å². The molecule has 0 spiro atoms. The van der Waals surface area contributed by atoms with Crippen molar-refractivity contribution in [1.82, 2.24) is 0 Å². The Bertz CT molecular complexity index is 764. The molecule has 1 aliphatic carbocycles. The first-order valence-corrected chi connectivity index (χ1v) is 8.60. The Morgan fingerprint density at radius 1 is 0.545 bits per heavy atom. The minimum absolute atomic E-state index is 0.358. The molecule has 1 heteroatoms. The molecule has 0 nitrogen and oxygen atoms in total. The van der Waals surface area contributed by atoms with Crippen LogP contribution in [0.5, 0.6) is 0 Å². The first-order chi connectivity index (χ1) is 10.9. The Labute approximate surface area is 140 Å². The maximum Gasteiger partial charge on any atom is 0.0475 e. The summed E-state index contributed by atoms with van der Waals surface area (Å²) in [6, 6.07) is 30.6. The van der Waals surface area contributed by atoms with Crippen molar-refractivity contribution in [2.45, 2.75) is 16.7 Å². The summed E-state index contributed by atoms with van der Waals surface area (Å²) in [5, 5.41) is 0. The Morgan fingerprint density at radius 3 is 1.68 bits per heavy atom. The maximum absolute atomic E-state index is 3.98. The summed E-state index contributed by atoms with van der Waals surface area (Å²) in [4.78, 5) is 0.358. The molecule has 0 bridgehead atoms. The van der Waals surface area contributed by atoms with Crippen molar-refractivity contribution in [2.75, 3.05) is 0 Å². The fourth-order valence-electron chi connectivity index (χ4n) is 3.69. The summed E-state index contributed by atoms with van der Waals surface area (Å²) < 4.78 is 0. The van der Waals surface area contributed by atoms with Crippen LogP contribution in [-0.2, 0) is 0 Å². The lowest BCUT2D eigenvalue weighted by atomic mass is 9.82. The standard InChI is InChI=1S/C21H17Br/c22-21-18-14-8-7-13-17(18)19(15-9-3-1-4-10-15)20(21)16-11-5-2-6-12-16/h1-14,19-21H. The number of rotatable bonds is 2. The largest absolute Gasteiger partial charge is 0.0832 e. The van der Waals surface area contributed by atoms with E-state index in [9.17, 15) is 0 Å². The van der Waals surface area contributed by atoms with Gasteiger partial charge in [-0.25, -0.2) is 0 Å². The average molecular weight is 349 g/mol. The summed E-state index contributed by atoms with van der Waals surface area (Å²) in [6.07, 6.45) is 0. The molecule has 0 aromatic heterocycles. The fourth-order valence-corrected chi connectivity index (χ4v) is 4.71. The minimum Gasteiger partial charge on any atom is -0.0832 e. The molecule has 3 aromatic carbocycles. The number of hydrogen-bond donors (Lipinski definition) is 0. The third-order valence-electron chi connectivity index (χ3n) is 4.65. The van der Waals surface area contributed by atoms with Gasteiger partial charge in [0, 0.05) is 16.7 Å². The first-order valence-electron chi connectivity index (χ1n) is 7.69. The number of alkyl halides is 1. The normalized spacial score (nSPS) is 23.2. The van der Waals surface area contributed by atoms with Gasteiger partial charge in [0.05, 0.1) is 0 Å². The smallest absolute Gasteiger partial charge is 0.0475 e. The molecule has 0 amide bonds. The number of hydrogen-bond acceptors (Lipinski definition) is 0. The molecule has 0 fully saturated rings.